The molecule has 14 heteroatoms. The highest BCUT2D eigenvalue weighted by molar-refractivity contribution is 6.30. The zero-order chi connectivity index (χ0) is 37.9. The fraction of sp³-hybridized carbons (Fsp3) is 0.462. The van der Waals surface area contributed by atoms with Gasteiger partial charge in [-0.1, -0.05) is 79.4 Å². The van der Waals surface area contributed by atoms with E-state index < -0.39 is 59.7 Å². The Kier molecular flexibility index (Phi) is 11.6. The van der Waals surface area contributed by atoms with Crippen LogP contribution in [0.3, 0.4) is 0 Å². The molecule has 1 aliphatic carbocycles. The van der Waals surface area contributed by atoms with Gasteiger partial charge in [-0.05, 0) is 79.8 Å². The van der Waals surface area contributed by atoms with E-state index in [-0.39, 0.29) is 11.6 Å². The molecule has 53 heavy (non-hydrogen) atoms. The van der Waals surface area contributed by atoms with Gasteiger partial charge < -0.3 is 25.4 Å². The predicted molar refractivity (Wildman–Crippen MR) is 187 cm³/mol. The van der Waals surface area contributed by atoms with Crippen molar-refractivity contribution in [2.45, 2.75) is 100 Å². The monoisotopic (exact) mass is 761 g/mol. The summed E-state index contributed by atoms with van der Waals surface area (Å²) in [5.74, 6) is -8.70. The molecule has 2 heterocycles. The average molecular weight is 762 g/mol. The van der Waals surface area contributed by atoms with Crippen LogP contribution in [0.15, 0.2) is 72.8 Å². The lowest BCUT2D eigenvalue weighted by Crippen LogP contribution is -2.61. The van der Waals surface area contributed by atoms with Crippen LogP contribution in [0.2, 0.25) is 5.02 Å². The molecule has 8 nitrogen and oxygen atoms in total. The third kappa shape index (κ3) is 8.95. The van der Waals surface area contributed by atoms with Crippen LogP contribution in [-0.2, 0) is 25.0 Å². The molecule has 2 amide bonds. The van der Waals surface area contributed by atoms with Gasteiger partial charge in [-0.3, -0.25) is 9.59 Å². The molecular formula is C39H41ClF5N3O5. The number of ether oxygens (including phenoxy) is 2. The fourth-order valence-electron chi connectivity index (χ4n) is 7.70. The molecule has 0 radical (unpaired) electrons. The van der Waals surface area contributed by atoms with Gasteiger partial charge in [0.15, 0.2) is 6.04 Å². The number of nitrogens with zero attached hydrogens (tertiary/aromatic N) is 1. The van der Waals surface area contributed by atoms with Gasteiger partial charge in [-0.15, -0.1) is 0 Å². The van der Waals surface area contributed by atoms with E-state index in [1.165, 1.54) is 41.3 Å². The van der Waals surface area contributed by atoms with Gasteiger partial charge in [0.2, 0.25) is 6.10 Å². The smallest absolute Gasteiger partial charge is 0.490 e. The first-order valence-corrected chi connectivity index (χ1v) is 18.2. The number of hydrogen-bond acceptors (Lipinski definition) is 6. The van der Waals surface area contributed by atoms with Crippen molar-refractivity contribution in [2.75, 3.05) is 6.61 Å². The standard InChI is InChI=1S/C39H41ClF5N3O5/c40-28-14-8-25(9-15-28)24-6-12-27(13-7-24)38(41,42)34(36(50)48-30-16-17-31(48)21-29(46)20-30)47-35(49)33(53-37(51)39(43,44)45)26-10-18-32(19-11-26)52-22-23-4-2-1-3-5-23/h6-15,18-19,23,29-31,33-34H,1-5,16-17,20-22,46H2,(H,47,49)/t29?,30?,31?,33-,34-/m1/s1. The Morgan fingerprint density at radius 1 is 0.811 bits per heavy atom. The highest BCUT2D eigenvalue weighted by atomic mass is 35.5. The third-order valence-electron chi connectivity index (χ3n) is 10.5. The fourth-order valence-corrected chi connectivity index (χ4v) is 7.83. The normalized spacial score (nSPS) is 21.8. The number of carbonyl (C=O) groups is 3. The molecule has 2 aliphatic heterocycles. The number of esters is 1. The van der Waals surface area contributed by atoms with Gasteiger partial charge >= 0.3 is 18.1 Å². The zero-order valence-corrected chi connectivity index (χ0v) is 29.6. The summed E-state index contributed by atoms with van der Waals surface area (Å²) in [7, 11) is 0. The largest absolute Gasteiger partial charge is 0.493 e. The highest BCUT2D eigenvalue weighted by Gasteiger charge is 2.54. The second-order valence-electron chi connectivity index (χ2n) is 14.2. The van der Waals surface area contributed by atoms with E-state index in [1.54, 1.807) is 24.3 Å². The van der Waals surface area contributed by atoms with Crippen LogP contribution in [-0.4, -0.2) is 59.6 Å². The molecular weight excluding hydrogens is 721 g/mol. The van der Waals surface area contributed by atoms with Crippen molar-refractivity contribution in [2.24, 2.45) is 11.7 Å². The average Bonchev–Trinajstić information content (AvgIpc) is 3.42. The Morgan fingerprint density at radius 2 is 1.38 bits per heavy atom. The molecule has 3 aliphatic rings. The van der Waals surface area contributed by atoms with Crippen molar-refractivity contribution in [1.29, 1.82) is 0 Å². The van der Waals surface area contributed by atoms with Gasteiger partial charge in [-0.25, -0.2) is 4.79 Å². The first-order chi connectivity index (χ1) is 25.2. The number of nitrogens with one attached hydrogen (secondary N) is 1. The highest BCUT2D eigenvalue weighted by Crippen LogP contribution is 2.40. The predicted octanol–water partition coefficient (Wildman–Crippen LogP) is 7.87. The van der Waals surface area contributed by atoms with E-state index in [9.17, 15) is 27.6 Å². The molecule has 2 unspecified atom stereocenters. The molecule has 3 aromatic carbocycles. The number of amides is 2. The number of carbonyl (C=O) groups excluding carboxylic acids is 3. The van der Waals surface area contributed by atoms with Crippen molar-refractivity contribution in [3.63, 3.8) is 0 Å². The lowest BCUT2D eigenvalue weighted by molar-refractivity contribution is -0.206. The summed E-state index contributed by atoms with van der Waals surface area (Å²) in [4.78, 5) is 41.5. The van der Waals surface area contributed by atoms with E-state index in [0.717, 1.165) is 44.2 Å². The van der Waals surface area contributed by atoms with Crippen molar-refractivity contribution in [1.82, 2.24) is 10.2 Å². The van der Waals surface area contributed by atoms with Crippen molar-refractivity contribution in [3.8, 4) is 16.9 Å². The molecule has 2 bridgehead atoms. The number of nitrogens with two attached hydrogens (primary N) is 1. The van der Waals surface area contributed by atoms with Crippen LogP contribution in [0.25, 0.3) is 11.1 Å². The maximum atomic E-state index is 16.7. The second kappa shape index (κ2) is 16.0. The topological polar surface area (TPSA) is 111 Å². The number of benzene rings is 3. The lowest BCUT2D eigenvalue weighted by Gasteiger charge is -2.41. The third-order valence-corrected chi connectivity index (χ3v) is 10.7. The summed E-state index contributed by atoms with van der Waals surface area (Å²) >= 11 is 5.98. The first-order valence-electron chi connectivity index (χ1n) is 17.8. The van der Waals surface area contributed by atoms with Gasteiger partial charge in [-0.2, -0.15) is 22.0 Å². The Hall–Kier alpha value is -4.23. The number of alkyl halides is 5. The first kappa shape index (κ1) is 38.5. The number of rotatable bonds is 11. The molecule has 1 saturated carbocycles. The number of halogens is 6. The van der Waals surface area contributed by atoms with E-state index in [4.69, 9.17) is 22.1 Å². The SMILES string of the molecule is NC1CC2CCC(C1)N2C(=O)[C@@H](NC(=O)[C@H](OC(=O)C(F)(F)F)c1ccc(OCC2CCCCC2)cc1)C(F)(F)c1ccc(-c2ccc(Cl)cc2)cc1. The molecule has 2 saturated heterocycles. The summed E-state index contributed by atoms with van der Waals surface area (Å²) < 4.78 is 84.3. The molecule has 3 aromatic rings. The van der Waals surface area contributed by atoms with E-state index in [0.29, 0.717) is 60.1 Å². The summed E-state index contributed by atoms with van der Waals surface area (Å²) in [5, 5.41) is 2.51. The van der Waals surface area contributed by atoms with E-state index >= 15 is 8.78 Å². The van der Waals surface area contributed by atoms with E-state index in [1.807, 2.05) is 5.32 Å². The molecule has 3 fully saturated rings. The Bertz CT molecular complexity index is 1740. The molecule has 3 N–H and O–H groups in total. The summed E-state index contributed by atoms with van der Waals surface area (Å²) in [5.41, 5.74) is 6.55. The Morgan fingerprint density at radius 3 is 1.94 bits per heavy atom. The summed E-state index contributed by atoms with van der Waals surface area (Å²) in [6.07, 6.45) is -0.687. The quantitative estimate of drug-likeness (QED) is 0.152. The minimum absolute atomic E-state index is 0.240. The van der Waals surface area contributed by atoms with Gasteiger partial charge in [0.05, 0.1) is 6.61 Å². The van der Waals surface area contributed by atoms with Crippen LogP contribution >= 0.6 is 11.6 Å². The number of hydrogen-bond donors (Lipinski definition) is 2. The van der Waals surface area contributed by atoms with Gasteiger partial charge in [0, 0.05) is 34.3 Å². The van der Waals surface area contributed by atoms with Crippen molar-refractivity contribution >= 4 is 29.4 Å². The van der Waals surface area contributed by atoms with Crippen molar-refractivity contribution < 1.29 is 45.8 Å². The number of piperidine rings is 1. The maximum absolute atomic E-state index is 16.7. The van der Waals surface area contributed by atoms with Crippen LogP contribution in [0, 0.1) is 5.92 Å². The van der Waals surface area contributed by atoms with Crippen LogP contribution in [0.5, 0.6) is 5.75 Å². The molecule has 6 rings (SSSR count). The van der Waals surface area contributed by atoms with Gasteiger partial charge in [0.25, 0.3) is 11.8 Å². The Labute approximate surface area is 309 Å². The second-order valence-corrected chi connectivity index (χ2v) is 14.6. The van der Waals surface area contributed by atoms with Gasteiger partial charge in [0.1, 0.15) is 5.75 Å². The molecule has 4 atom stereocenters. The lowest BCUT2D eigenvalue weighted by atomic mass is 9.90. The minimum atomic E-state index is -5.50. The van der Waals surface area contributed by atoms with E-state index in [2.05, 4.69) is 4.74 Å². The molecule has 284 valence electrons. The zero-order valence-electron chi connectivity index (χ0n) is 28.8. The minimum Gasteiger partial charge on any atom is -0.493 e. The Balaban J connectivity index is 1.29. The molecule has 0 aromatic heterocycles. The van der Waals surface area contributed by atoms with Crippen LogP contribution < -0.4 is 15.8 Å². The van der Waals surface area contributed by atoms with Crippen molar-refractivity contribution in [3.05, 3.63) is 88.9 Å². The van der Waals surface area contributed by atoms with Crippen LogP contribution in [0.1, 0.15) is 75.0 Å². The van der Waals surface area contributed by atoms with Crippen LogP contribution in [0.4, 0.5) is 22.0 Å². The maximum Gasteiger partial charge on any atom is 0.490 e. The summed E-state index contributed by atoms with van der Waals surface area (Å²) in [6, 6.07) is 13.3. The number of fused-ring (bicyclic) bond motifs is 2. The summed E-state index contributed by atoms with van der Waals surface area (Å²) in [6.45, 7) is 0.426. The molecule has 0 spiro atoms.